The molecule has 210 valence electrons. The van der Waals surface area contributed by atoms with Crippen molar-refractivity contribution in [2.75, 3.05) is 44.2 Å². The molecule has 2 N–H and O–H groups in total. The van der Waals surface area contributed by atoms with Crippen molar-refractivity contribution in [3.05, 3.63) is 24.3 Å². The molecule has 4 unspecified atom stereocenters. The fraction of sp³-hybridized carbons (Fsp3) is 0.692. The van der Waals surface area contributed by atoms with E-state index in [1.54, 1.807) is 0 Å². The van der Waals surface area contributed by atoms with E-state index in [0.29, 0.717) is 12.5 Å². The summed E-state index contributed by atoms with van der Waals surface area (Å²) >= 11 is 0. The number of phosphoric ester groups is 1. The highest BCUT2D eigenvalue weighted by atomic mass is 31.2. The Labute approximate surface area is 222 Å². The Morgan fingerprint density at radius 2 is 1.61 bits per heavy atom. The molecule has 4 fully saturated rings. The molecule has 4 aliphatic rings. The van der Waals surface area contributed by atoms with Crippen LogP contribution in [0.2, 0.25) is 0 Å². The number of carbonyl (C=O) groups is 2. The molecule has 4 atom stereocenters. The molecule has 2 aliphatic carbocycles. The zero-order valence-electron chi connectivity index (χ0n) is 21.5. The van der Waals surface area contributed by atoms with Crippen LogP contribution in [0.5, 0.6) is 5.75 Å². The first-order chi connectivity index (χ1) is 18.2. The highest BCUT2D eigenvalue weighted by molar-refractivity contribution is 7.46. The second-order valence-electron chi connectivity index (χ2n) is 10.8. The number of carbonyl (C=O) groups excluding carboxylic acids is 2. The largest absolute Gasteiger partial charge is 0.488 e. The number of alkyl halides is 1. The normalized spacial score (nSPS) is 29.2. The smallest absolute Gasteiger partial charge is 0.469 e. The number of piperazine rings is 1. The molecule has 2 saturated carbocycles. The van der Waals surface area contributed by atoms with Crippen LogP contribution >= 0.6 is 7.82 Å². The average Bonchev–Trinajstić information content (AvgIpc) is 3.47. The molecular formula is C26H37FN3O7P. The Hall–Kier alpha value is -2.04. The van der Waals surface area contributed by atoms with E-state index in [4.69, 9.17) is 14.5 Å². The van der Waals surface area contributed by atoms with Gasteiger partial charge in [0.05, 0.1) is 23.6 Å². The van der Waals surface area contributed by atoms with Gasteiger partial charge in [0.2, 0.25) is 11.8 Å². The maximum Gasteiger partial charge on any atom is 0.469 e. The van der Waals surface area contributed by atoms with Crippen molar-refractivity contribution in [1.82, 2.24) is 9.80 Å². The molecule has 1 aromatic carbocycles. The molecule has 2 aliphatic heterocycles. The Morgan fingerprint density at radius 1 is 0.947 bits per heavy atom. The summed E-state index contributed by atoms with van der Waals surface area (Å²) in [4.78, 5) is 49.7. The summed E-state index contributed by atoms with van der Waals surface area (Å²) in [5.41, 5.74) is 1.13. The molecule has 0 bridgehead atoms. The quantitative estimate of drug-likeness (QED) is 0.351. The van der Waals surface area contributed by atoms with E-state index < -0.39 is 37.8 Å². The molecule has 0 aromatic heterocycles. The first-order valence-electron chi connectivity index (χ1n) is 13.7. The maximum absolute atomic E-state index is 14.5. The van der Waals surface area contributed by atoms with Crippen LogP contribution in [0.15, 0.2) is 24.3 Å². The predicted octanol–water partition coefficient (Wildman–Crippen LogP) is 2.73. The van der Waals surface area contributed by atoms with Crippen molar-refractivity contribution in [2.24, 2.45) is 11.8 Å². The van der Waals surface area contributed by atoms with Gasteiger partial charge >= 0.3 is 7.82 Å². The standard InChI is InChI=1S/C26H37FN3O7P/c27-21-16-19-20(17-24(21)37-38(33,34)35)26(32)30(25(19)31)11-5-10-28-12-14-29(15-13-28)22-8-3-4-9-23(22)36-18-6-1-2-7-18/h3-4,8-9,18-21,24H,1-2,5-7,10-17H2,(H2,33,34,35). The third-order valence-electron chi connectivity index (χ3n) is 8.32. The number of rotatable bonds is 9. The van der Waals surface area contributed by atoms with Gasteiger partial charge < -0.3 is 19.4 Å². The molecule has 10 nitrogen and oxygen atoms in total. The van der Waals surface area contributed by atoms with Crippen molar-refractivity contribution < 1.29 is 37.6 Å². The van der Waals surface area contributed by atoms with E-state index in [-0.39, 0.29) is 25.3 Å². The van der Waals surface area contributed by atoms with Gasteiger partial charge in [-0.3, -0.25) is 23.9 Å². The van der Waals surface area contributed by atoms with Crippen molar-refractivity contribution in [2.45, 2.75) is 63.3 Å². The summed E-state index contributed by atoms with van der Waals surface area (Å²) in [6, 6.07) is 8.21. The number of nitrogens with zero attached hydrogens (tertiary/aromatic N) is 3. The molecule has 0 radical (unpaired) electrons. The van der Waals surface area contributed by atoms with Crippen LogP contribution in [0.3, 0.4) is 0 Å². The van der Waals surface area contributed by atoms with Gasteiger partial charge in [-0.15, -0.1) is 0 Å². The monoisotopic (exact) mass is 553 g/mol. The van der Waals surface area contributed by atoms with Gasteiger partial charge in [-0.05, 0) is 63.6 Å². The Kier molecular flexibility index (Phi) is 8.40. The third kappa shape index (κ3) is 6.23. The Balaban J connectivity index is 1.09. The number of para-hydroxylation sites is 2. The predicted molar refractivity (Wildman–Crippen MR) is 137 cm³/mol. The number of ether oxygens (including phenoxy) is 1. The van der Waals surface area contributed by atoms with E-state index >= 15 is 0 Å². The molecule has 38 heavy (non-hydrogen) atoms. The summed E-state index contributed by atoms with van der Waals surface area (Å²) in [5, 5.41) is 0. The van der Waals surface area contributed by atoms with Crippen LogP contribution in [-0.2, 0) is 18.7 Å². The molecule has 1 aromatic rings. The minimum absolute atomic E-state index is 0.202. The fourth-order valence-corrected chi connectivity index (χ4v) is 6.92. The van der Waals surface area contributed by atoms with Crippen molar-refractivity contribution in [3.8, 4) is 5.75 Å². The third-order valence-corrected chi connectivity index (χ3v) is 8.87. The number of amides is 2. The molecule has 2 saturated heterocycles. The van der Waals surface area contributed by atoms with E-state index in [9.17, 15) is 18.5 Å². The number of hydrogen-bond acceptors (Lipinski definition) is 7. The molecule has 0 spiro atoms. The zero-order valence-corrected chi connectivity index (χ0v) is 22.4. The average molecular weight is 554 g/mol. The number of imide groups is 1. The lowest BCUT2D eigenvalue weighted by Crippen LogP contribution is -2.47. The first kappa shape index (κ1) is 27.5. The molecule has 5 rings (SSSR count). The van der Waals surface area contributed by atoms with Gasteiger partial charge in [-0.2, -0.15) is 0 Å². The van der Waals surface area contributed by atoms with Crippen LogP contribution < -0.4 is 9.64 Å². The van der Waals surface area contributed by atoms with Gasteiger partial charge in [0.25, 0.3) is 0 Å². The second-order valence-corrected chi connectivity index (χ2v) is 12.0. The topological polar surface area (TPSA) is 120 Å². The summed E-state index contributed by atoms with van der Waals surface area (Å²) in [6.07, 6.45) is 2.04. The number of benzene rings is 1. The highest BCUT2D eigenvalue weighted by Gasteiger charge is 2.53. The molecule has 2 heterocycles. The van der Waals surface area contributed by atoms with E-state index in [0.717, 1.165) is 57.0 Å². The first-order valence-corrected chi connectivity index (χ1v) is 15.2. The summed E-state index contributed by atoms with van der Waals surface area (Å²) < 4.78 is 36.5. The van der Waals surface area contributed by atoms with Crippen LogP contribution in [0.4, 0.5) is 10.1 Å². The van der Waals surface area contributed by atoms with Crippen molar-refractivity contribution >= 4 is 25.3 Å². The number of halogens is 1. The lowest BCUT2D eigenvalue weighted by Gasteiger charge is -2.37. The van der Waals surface area contributed by atoms with E-state index in [2.05, 4.69) is 20.4 Å². The summed E-state index contributed by atoms with van der Waals surface area (Å²) in [5.74, 6) is -1.41. The highest BCUT2D eigenvalue weighted by Crippen LogP contribution is 2.46. The number of likely N-dealkylation sites (tertiary alicyclic amines) is 1. The summed E-state index contributed by atoms with van der Waals surface area (Å²) in [7, 11) is -4.89. The lowest BCUT2D eigenvalue weighted by molar-refractivity contribution is -0.140. The molecule has 12 heteroatoms. The number of phosphoric acid groups is 1. The minimum atomic E-state index is -4.89. The maximum atomic E-state index is 14.5. The van der Waals surface area contributed by atoms with Crippen LogP contribution in [-0.4, -0.2) is 89.0 Å². The summed E-state index contributed by atoms with van der Waals surface area (Å²) in [6.45, 7) is 4.41. The van der Waals surface area contributed by atoms with Gasteiger partial charge in [0.1, 0.15) is 18.0 Å². The second kappa shape index (κ2) is 11.6. The fourth-order valence-electron chi connectivity index (χ4n) is 6.35. The minimum Gasteiger partial charge on any atom is -0.488 e. The number of anilines is 1. The number of fused-ring (bicyclic) bond motifs is 1. The number of hydrogen-bond donors (Lipinski definition) is 2. The van der Waals surface area contributed by atoms with Crippen molar-refractivity contribution in [1.29, 1.82) is 0 Å². The molecular weight excluding hydrogens is 516 g/mol. The Bertz CT molecular complexity index is 1060. The lowest BCUT2D eigenvalue weighted by atomic mass is 9.78. The van der Waals surface area contributed by atoms with Crippen LogP contribution in [0.1, 0.15) is 44.9 Å². The van der Waals surface area contributed by atoms with Gasteiger partial charge in [0, 0.05) is 32.7 Å². The van der Waals surface area contributed by atoms with Gasteiger partial charge in [0.15, 0.2) is 0 Å². The van der Waals surface area contributed by atoms with Gasteiger partial charge in [-0.25, -0.2) is 8.96 Å². The zero-order chi connectivity index (χ0) is 26.9. The SMILES string of the molecule is O=C1C2CC(F)C(OP(=O)(O)O)CC2C(=O)N1CCCN1CCN(c2ccccc2OC2CCCC2)CC1. The van der Waals surface area contributed by atoms with Crippen molar-refractivity contribution in [3.63, 3.8) is 0 Å². The van der Waals surface area contributed by atoms with E-state index in [1.807, 2.05) is 18.2 Å². The van der Waals surface area contributed by atoms with E-state index in [1.165, 1.54) is 17.7 Å². The van der Waals surface area contributed by atoms with Crippen LogP contribution in [0.25, 0.3) is 0 Å². The van der Waals surface area contributed by atoms with Crippen LogP contribution in [0, 0.1) is 11.8 Å². The Morgan fingerprint density at radius 3 is 2.29 bits per heavy atom. The van der Waals surface area contributed by atoms with Gasteiger partial charge in [-0.1, -0.05) is 12.1 Å². The molecule has 2 amide bonds.